The van der Waals surface area contributed by atoms with Gasteiger partial charge in [-0.1, -0.05) is 67.6 Å². The van der Waals surface area contributed by atoms with Crippen molar-refractivity contribution in [1.82, 2.24) is 10.2 Å². The molecule has 2 fully saturated rings. The number of halogens is 5. The van der Waals surface area contributed by atoms with Crippen molar-refractivity contribution in [3.8, 4) is 11.1 Å². The van der Waals surface area contributed by atoms with Gasteiger partial charge in [-0.2, -0.15) is 0 Å². The fourth-order valence-electron chi connectivity index (χ4n) is 6.36. The average molecular weight is 683 g/mol. The van der Waals surface area contributed by atoms with Crippen molar-refractivity contribution in [2.75, 3.05) is 19.6 Å². The lowest BCUT2D eigenvalue weighted by Crippen LogP contribution is -2.44. The number of benzene rings is 4. The molecule has 4 aromatic carbocycles. The first kappa shape index (κ1) is 34.7. The highest BCUT2D eigenvalue weighted by Gasteiger charge is 2.40. The van der Waals surface area contributed by atoms with E-state index < -0.39 is 46.8 Å². The molecule has 258 valence electrons. The van der Waals surface area contributed by atoms with E-state index in [-0.39, 0.29) is 37.4 Å². The first-order valence-electron chi connectivity index (χ1n) is 15.9. The smallest absolute Gasteiger partial charge is 0.257 e. The molecule has 2 heterocycles. The molecule has 0 aromatic heterocycles. The number of hydrogen-bond donors (Lipinski definition) is 3. The molecule has 1 amide bonds. The molecule has 5 atom stereocenters. The number of aliphatic hydroxyl groups excluding tert-OH is 2. The summed E-state index contributed by atoms with van der Waals surface area (Å²) >= 11 is 0. The normalized spacial score (nSPS) is 22.7. The van der Waals surface area contributed by atoms with Gasteiger partial charge in [0.05, 0.1) is 24.9 Å². The molecule has 2 saturated heterocycles. The zero-order chi connectivity index (χ0) is 34.8. The summed E-state index contributed by atoms with van der Waals surface area (Å²) in [5.74, 6) is -12.6. The fourth-order valence-corrected chi connectivity index (χ4v) is 6.36. The van der Waals surface area contributed by atoms with Gasteiger partial charge >= 0.3 is 0 Å². The lowest BCUT2D eigenvalue weighted by Gasteiger charge is -2.42. The van der Waals surface area contributed by atoms with Crippen LogP contribution in [-0.2, 0) is 22.6 Å². The third-order valence-corrected chi connectivity index (χ3v) is 9.12. The van der Waals surface area contributed by atoms with Crippen LogP contribution in [0.25, 0.3) is 11.1 Å². The second-order valence-electron chi connectivity index (χ2n) is 12.5. The van der Waals surface area contributed by atoms with Gasteiger partial charge in [0.15, 0.2) is 29.6 Å². The molecule has 49 heavy (non-hydrogen) atoms. The molecule has 0 aliphatic carbocycles. The van der Waals surface area contributed by atoms with E-state index in [1.807, 2.05) is 54.6 Å². The third kappa shape index (κ3) is 7.38. The molecule has 3 N–H and O–H groups in total. The van der Waals surface area contributed by atoms with Gasteiger partial charge in [-0.25, -0.2) is 22.0 Å². The van der Waals surface area contributed by atoms with Crippen LogP contribution < -0.4 is 5.32 Å². The number of aliphatic hydroxyl groups is 2. The SMILES string of the molecule is C[C@H]1[C@@H](CN2CC[C@H](O)C2)O[C@@H](c2cccc(-c3cccc(CNC(=O)c4c(F)c(F)c(F)c(F)c4F)c3)c2)O[C@H]1c1ccc(CO)cc1. The van der Waals surface area contributed by atoms with Crippen LogP contribution in [0.5, 0.6) is 0 Å². The highest BCUT2D eigenvalue weighted by atomic mass is 19.2. The zero-order valence-corrected chi connectivity index (χ0v) is 26.5. The lowest BCUT2D eigenvalue weighted by atomic mass is 9.90. The first-order valence-corrected chi connectivity index (χ1v) is 15.9. The summed E-state index contributed by atoms with van der Waals surface area (Å²) in [6.45, 7) is 3.71. The Morgan fingerprint density at radius 3 is 2.14 bits per heavy atom. The second kappa shape index (κ2) is 14.7. The predicted octanol–water partition coefficient (Wildman–Crippen LogP) is 6.33. The molecule has 0 spiro atoms. The summed E-state index contributed by atoms with van der Waals surface area (Å²) in [4.78, 5) is 14.7. The molecule has 12 heteroatoms. The topological polar surface area (TPSA) is 91.3 Å². The Morgan fingerprint density at radius 2 is 1.49 bits per heavy atom. The van der Waals surface area contributed by atoms with Crippen molar-refractivity contribution >= 4 is 5.91 Å². The molecule has 6 rings (SSSR count). The van der Waals surface area contributed by atoms with Crippen LogP contribution in [0.1, 0.15) is 58.4 Å². The van der Waals surface area contributed by atoms with E-state index in [0.29, 0.717) is 25.1 Å². The number of carbonyl (C=O) groups is 1. The summed E-state index contributed by atoms with van der Waals surface area (Å²) in [5.41, 5.74) is 2.95. The first-order chi connectivity index (χ1) is 23.5. The van der Waals surface area contributed by atoms with Crippen LogP contribution >= 0.6 is 0 Å². The monoisotopic (exact) mass is 682 g/mol. The average Bonchev–Trinajstić information content (AvgIpc) is 3.54. The molecule has 0 radical (unpaired) electrons. The summed E-state index contributed by atoms with van der Waals surface area (Å²) in [5, 5.41) is 21.9. The zero-order valence-electron chi connectivity index (χ0n) is 26.5. The van der Waals surface area contributed by atoms with Crippen molar-refractivity contribution in [3.05, 3.63) is 130 Å². The van der Waals surface area contributed by atoms with E-state index in [1.54, 1.807) is 18.2 Å². The van der Waals surface area contributed by atoms with E-state index in [2.05, 4.69) is 17.1 Å². The number of ether oxygens (including phenoxy) is 2. The fraction of sp³-hybridized carbons (Fsp3) is 0.324. The molecule has 2 aliphatic heterocycles. The maximum atomic E-state index is 14.1. The Morgan fingerprint density at radius 1 is 0.837 bits per heavy atom. The highest BCUT2D eigenvalue weighted by molar-refractivity contribution is 5.94. The maximum Gasteiger partial charge on any atom is 0.257 e. The third-order valence-electron chi connectivity index (χ3n) is 9.12. The molecule has 0 saturated carbocycles. The largest absolute Gasteiger partial charge is 0.392 e. The summed E-state index contributed by atoms with van der Waals surface area (Å²) in [7, 11) is 0. The number of rotatable bonds is 9. The number of amides is 1. The van der Waals surface area contributed by atoms with E-state index in [9.17, 15) is 37.0 Å². The van der Waals surface area contributed by atoms with Crippen LogP contribution in [0.4, 0.5) is 22.0 Å². The summed E-state index contributed by atoms with van der Waals surface area (Å²) in [6, 6.07) is 22.0. The molecular formula is C37H35F5N2O5. The number of likely N-dealkylation sites (tertiary alicyclic amines) is 1. The quantitative estimate of drug-likeness (QED) is 0.109. The Kier molecular flexibility index (Phi) is 10.4. The number of β-amino-alcohol motifs (C(OH)–C–C–N with tert-alkyl or cyclic N) is 1. The van der Waals surface area contributed by atoms with Crippen molar-refractivity contribution in [3.63, 3.8) is 0 Å². The number of carbonyl (C=O) groups excluding carboxylic acids is 1. The van der Waals surface area contributed by atoms with Crippen LogP contribution in [0.15, 0.2) is 72.8 Å². The standard InChI is InChI=1S/C37H35F5N2O5/c1-20-28(18-44-13-12-27(46)17-44)48-37(49-35(20)23-10-8-21(19-45)9-11-23)26-7-3-6-25(15-26)24-5-2-4-22(14-24)16-43-36(47)29-30(38)32(40)34(42)33(41)31(29)39/h2-11,14-15,20,27-28,35,37,45-46H,12-13,16-19H2,1H3,(H,43,47)/t20-,27-,28+,35+,37+/m0/s1. The molecule has 0 bridgehead atoms. The van der Waals surface area contributed by atoms with Crippen molar-refractivity contribution in [2.24, 2.45) is 5.92 Å². The molecule has 4 aromatic rings. The van der Waals surface area contributed by atoms with E-state index in [1.165, 1.54) is 0 Å². The van der Waals surface area contributed by atoms with Crippen LogP contribution in [0.3, 0.4) is 0 Å². The molecule has 7 nitrogen and oxygen atoms in total. The van der Waals surface area contributed by atoms with Gasteiger partial charge in [0.2, 0.25) is 5.82 Å². The second-order valence-corrected chi connectivity index (χ2v) is 12.5. The van der Waals surface area contributed by atoms with Gasteiger partial charge < -0.3 is 25.0 Å². The molecule has 0 unspecified atom stereocenters. The Labute approximate surface area is 279 Å². The number of hydrogen-bond acceptors (Lipinski definition) is 6. The minimum Gasteiger partial charge on any atom is -0.392 e. The van der Waals surface area contributed by atoms with Crippen molar-refractivity contribution in [2.45, 2.75) is 51.1 Å². The van der Waals surface area contributed by atoms with Gasteiger partial charge in [-0.15, -0.1) is 0 Å². The minimum atomic E-state index is -2.34. The van der Waals surface area contributed by atoms with E-state index in [0.717, 1.165) is 34.4 Å². The number of nitrogens with zero attached hydrogens (tertiary/aromatic N) is 1. The predicted molar refractivity (Wildman–Crippen MR) is 169 cm³/mol. The molecule has 2 aliphatic rings. The van der Waals surface area contributed by atoms with Gasteiger partial charge in [0, 0.05) is 37.7 Å². The van der Waals surface area contributed by atoms with Crippen molar-refractivity contribution in [1.29, 1.82) is 0 Å². The Hall–Kier alpha value is -4.20. The van der Waals surface area contributed by atoms with Gasteiger partial charge in [0.1, 0.15) is 5.56 Å². The van der Waals surface area contributed by atoms with Gasteiger partial charge in [0.25, 0.3) is 5.91 Å². The van der Waals surface area contributed by atoms with Gasteiger partial charge in [-0.05, 0) is 46.4 Å². The van der Waals surface area contributed by atoms with Crippen molar-refractivity contribution < 1.29 is 46.4 Å². The van der Waals surface area contributed by atoms with Crippen LogP contribution in [-0.4, -0.2) is 52.9 Å². The van der Waals surface area contributed by atoms with Crippen LogP contribution in [0, 0.1) is 35.0 Å². The van der Waals surface area contributed by atoms with Gasteiger partial charge in [-0.3, -0.25) is 9.69 Å². The van der Waals surface area contributed by atoms with E-state index >= 15 is 0 Å². The Bertz CT molecular complexity index is 1790. The van der Waals surface area contributed by atoms with E-state index in [4.69, 9.17) is 9.47 Å². The maximum absolute atomic E-state index is 14.1. The minimum absolute atomic E-state index is 0.0334. The van der Waals surface area contributed by atoms with Crippen LogP contribution in [0.2, 0.25) is 0 Å². The summed E-state index contributed by atoms with van der Waals surface area (Å²) in [6.07, 6.45) is -0.948. The highest BCUT2D eigenvalue weighted by Crippen LogP contribution is 2.42. The lowest BCUT2D eigenvalue weighted by molar-refractivity contribution is -0.276. The summed E-state index contributed by atoms with van der Waals surface area (Å²) < 4.78 is 82.1. The molecular weight excluding hydrogens is 647 g/mol. The number of nitrogens with one attached hydrogen (secondary N) is 1. The Balaban J connectivity index is 1.22.